The third kappa shape index (κ3) is 6.32. The van der Waals surface area contributed by atoms with E-state index in [4.69, 9.17) is 9.72 Å². The first-order valence-electron chi connectivity index (χ1n) is 14.1. The summed E-state index contributed by atoms with van der Waals surface area (Å²) in [5.41, 5.74) is 1.74. The molecule has 2 heterocycles. The summed E-state index contributed by atoms with van der Waals surface area (Å²) < 4.78 is 47.0. The van der Waals surface area contributed by atoms with Crippen molar-refractivity contribution in [2.24, 2.45) is 5.92 Å². The highest BCUT2D eigenvalue weighted by atomic mass is 19.4. The summed E-state index contributed by atoms with van der Waals surface area (Å²) in [5.74, 6) is -0.703. The van der Waals surface area contributed by atoms with Crippen molar-refractivity contribution >= 4 is 28.9 Å². The number of hydrogen-bond donors (Lipinski definition) is 1. The van der Waals surface area contributed by atoms with Gasteiger partial charge in [0.1, 0.15) is 0 Å². The van der Waals surface area contributed by atoms with Crippen LogP contribution in [0.5, 0.6) is 0 Å². The van der Waals surface area contributed by atoms with Crippen molar-refractivity contribution in [1.82, 2.24) is 14.5 Å². The third-order valence-electron chi connectivity index (χ3n) is 7.97. The lowest BCUT2D eigenvalue weighted by Gasteiger charge is -2.30. The van der Waals surface area contributed by atoms with Crippen LogP contribution in [0.15, 0.2) is 42.5 Å². The van der Waals surface area contributed by atoms with E-state index in [2.05, 4.69) is 16.3 Å². The smallest absolute Gasteiger partial charge is 0.416 e. The Morgan fingerprint density at radius 2 is 1.77 bits per heavy atom. The molecule has 2 fully saturated rings. The highest BCUT2D eigenvalue weighted by molar-refractivity contribution is 6.04. The van der Waals surface area contributed by atoms with Gasteiger partial charge in [-0.25, -0.2) is 4.98 Å². The summed E-state index contributed by atoms with van der Waals surface area (Å²) in [7, 11) is 0. The molecule has 7 nitrogen and oxygen atoms in total. The number of imidazole rings is 1. The second-order valence-electron chi connectivity index (χ2n) is 10.8. The van der Waals surface area contributed by atoms with E-state index in [-0.39, 0.29) is 23.5 Å². The van der Waals surface area contributed by atoms with E-state index in [1.54, 1.807) is 6.92 Å². The Hall–Kier alpha value is -3.40. The molecule has 1 aliphatic heterocycles. The summed E-state index contributed by atoms with van der Waals surface area (Å²) in [6, 6.07) is 10.4. The maximum absolute atomic E-state index is 13.3. The van der Waals surface area contributed by atoms with Crippen LogP contribution in [0.4, 0.5) is 19.1 Å². The monoisotopic (exact) mass is 556 g/mol. The zero-order valence-electron chi connectivity index (χ0n) is 22.7. The van der Waals surface area contributed by atoms with Gasteiger partial charge in [-0.2, -0.15) is 13.2 Å². The van der Waals surface area contributed by atoms with Crippen LogP contribution < -0.4 is 5.32 Å². The predicted octanol–water partition coefficient (Wildman–Crippen LogP) is 6.59. The number of halogens is 3. The summed E-state index contributed by atoms with van der Waals surface area (Å²) in [5, 5.41) is 2.79. The van der Waals surface area contributed by atoms with Gasteiger partial charge < -0.3 is 9.30 Å². The number of piperidine rings is 1. The van der Waals surface area contributed by atoms with Crippen LogP contribution in [0, 0.1) is 5.92 Å². The highest BCUT2D eigenvalue weighted by Gasteiger charge is 2.32. The predicted molar refractivity (Wildman–Crippen MR) is 146 cm³/mol. The Bertz CT molecular complexity index is 1360. The summed E-state index contributed by atoms with van der Waals surface area (Å²) in [6.07, 6.45) is 1.77. The van der Waals surface area contributed by atoms with Crippen molar-refractivity contribution in [3.63, 3.8) is 0 Å². The fourth-order valence-electron chi connectivity index (χ4n) is 5.91. The zero-order valence-corrected chi connectivity index (χ0v) is 22.7. The van der Waals surface area contributed by atoms with E-state index < -0.39 is 17.6 Å². The third-order valence-corrected chi connectivity index (χ3v) is 7.97. The maximum Gasteiger partial charge on any atom is 0.416 e. The SMILES string of the molecule is CCOC(=O)[C@H]1CC[C@@H](n2c(NC(=O)c3cccc(C(F)(F)F)c3)nc3ccc(CN4CCCCC4)cc32)CC1. The molecule has 2 aliphatic rings. The number of carbonyl (C=O) groups is 2. The Morgan fingerprint density at radius 3 is 2.48 bits per heavy atom. The lowest BCUT2D eigenvalue weighted by atomic mass is 9.86. The number of hydrogen-bond acceptors (Lipinski definition) is 5. The average Bonchev–Trinajstić information content (AvgIpc) is 3.30. The van der Waals surface area contributed by atoms with Crippen LogP contribution >= 0.6 is 0 Å². The van der Waals surface area contributed by atoms with Gasteiger partial charge in [0.15, 0.2) is 0 Å². The number of ether oxygens (including phenoxy) is 1. The fourth-order valence-corrected chi connectivity index (χ4v) is 5.91. The second-order valence-corrected chi connectivity index (χ2v) is 10.8. The van der Waals surface area contributed by atoms with Crippen molar-refractivity contribution < 1.29 is 27.5 Å². The number of alkyl halides is 3. The normalized spacial score (nSPS) is 20.4. The van der Waals surface area contributed by atoms with Crippen LogP contribution in [0.25, 0.3) is 11.0 Å². The minimum Gasteiger partial charge on any atom is -0.466 e. The number of likely N-dealkylation sites (tertiary alicyclic amines) is 1. The molecule has 3 aromatic rings. The quantitative estimate of drug-likeness (QED) is 0.333. The van der Waals surface area contributed by atoms with Crippen LogP contribution in [0.3, 0.4) is 0 Å². The molecule has 0 spiro atoms. The van der Waals surface area contributed by atoms with Gasteiger partial charge in [-0.15, -0.1) is 0 Å². The largest absolute Gasteiger partial charge is 0.466 e. The molecule has 1 saturated heterocycles. The number of nitrogens with zero attached hydrogens (tertiary/aromatic N) is 3. The Labute approximate surface area is 231 Å². The van der Waals surface area contributed by atoms with E-state index in [9.17, 15) is 22.8 Å². The van der Waals surface area contributed by atoms with Crippen molar-refractivity contribution in [2.75, 3.05) is 25.0 Å². The van der Waals surface area contributed by atoms with Gasteiger partial charge in [0.2, 0.25) is 5.95 Å². The fraction of sp³-hybridized carbons (Fsp3) is 0.500. The molecule has 1 saturated carbocycles. The molecule has 0 bridgehead atoms. The molecule has 1 aliphatic carbocycles. The molecule has 1 amide bonds. The number of amides is 1. The van der Waals surface area contributed by atoms with Crippen molar-refractivity contribution in [2.45, 2.75) is 70.6 Å². The van der Waals surface area contributed by atoms with Gasteiger partial charge in [-0.3, -0.25) is 19.8 Å². The number of rotatable bonds is 7. The molecule has 214 valence electrons. The maximum atomic E-state index is 13.3. The molecule has 0 radical (unpaired) electrons. The molecule has 10 heteroatoms. The topological polar surface area (TPSA) is 76.5 Å². The number of esters is 1. The first-order chi connectivity index (χ1) is 19.2. The van der Waals surface area contributed by atoms with E-state index in [0.29, 0.717) is 43.8 Å². The number of nitrogens with one attached hydrogen (secondary N) is 1. The number of carbonyl (C=O) groups excluding carboxylic acids is 2. The molecule has 40 heavy (non-hydrogen) atoms. The molecular formula is C30H35F3N4O3. The van der Waals surface area contributed by atoms with Crippen molar-refractivity contribution in [3.8, 4) is 0 Å². The Morgan fingerprint density at radius 1 is 1.02 bits per heavy atom. The van der Waals surface area contributed by atoms with Gasteiger partial charge in [-0.05, 0) is 94.4 Å². The molecule has 0 unspecified atom stereocenters. The van der Waals surface area contributed by atoms with Gasteiger partial charge in [0.05, 0.1) is 29.1 Å². The van der Waals surface area contributed by atoms with E-state index in [0.717, 1.165) is 42.8 Å². The van der Waals surface area contributed by atoms with Crippen LogP contribution in [0.1, 0.15) is 79.4 Å². The standard InChI is InChI=1S/C30H35F3N4O3/c1-2-40-28(39)21-10-12-24(13-11-21)37-26-17-20(19-36-15-4-3-5-16-36)9-14-25(26)34-29(37)35-27(38)22-7-6-8-23(18-22)30(31,32)33/h6-9,14,17-18,21,24H,2-5,10-13,15-16,19H2,1H3,(H,34,35,38)/t21-,24+. The highest BCUT2D eigenvalue weighted by Crippen LogP contribution is 2.38. The first kappa shape index (κ1) is 28.1. The van der Waals surface area contributed by atoms with Crippen molar-refractivity contribution in [1.29, 1.82) is 0 Å². The second kappa shape index (κ2) is 12.0. The van der Waals surface area contributed by atoms with Gasteiger partial charge in [0, 0.05) is 18.2 Å². The summed E-state index contributed by atoms with van der Waals surface area (Å²) in [6.45, 7) is 5.09. The summed E-state index contributed by atoms with van der Waals surface area (Å²) >= 11 is 0. The van der Waals surface area contributed by atoms with E-state index >= 15 is 0 Å². The average molecular weight is 557 g/mol. The number of aromatic nitrogens is 2. The van der Waals surface area contributed by atoms with Crippen LogP contribution in [-0.4, -0.2) is 46.0 Å². The Balaban J connectivity index is 1.45. The van der Waals surface area contributed by atoms with Gasteiger partial charge in [0.25, 0.3) is 5.91 Å². The lowest BCUT2D eigenvalue weighted by molar-refractivity contribution is -0.149. The molecule has 0 atom stereocenters. The first-order valence-corrected chi connectivity index (χ1v) is 14.1. The number of fused-ring (bicyclic) bond motifs is 1. The zero-order chi connectivity index (χ0) is 28.3. The summed E-state index contributed by atoms with van der Waals surface area (Å²) in [4.78, 5) is 32.6. The molecule has 5 rings (SSSR count). The number of benzene rings is 2. The van der Waals surface area contributed by atoms with Crippen molar-refractivity contribution in [3.05, 3.63) is 59.2 Å². The van der Waals surface area contributed by atoms with Crippen LogP contribution in [-0.2, 0) is 22.3 Å². The molecule has 2 aromatic carbocycles. The van der Waals surface area contributed by atoms with Crippen LogP contribution in [0.2, 0.25) is 0 Å². The number of anilines is 1. The molecule has 1 N–H and O–H groups in total. The minimum absolute atomic E-state index is 0.0299. The lowest BCUT2D eigenvalue weighted by Crippen LogP contribution is -2.29. The minimum atomic E-state index is -4.55. The Kier molecular flexibility index (Phi) is 8.44. The molecule has 1 aromatic heterocycles. The van der Waals surface area contributed by atoms with Gasteiger partial charge in [-0.1, -0.05) is 18.6 Å². The van der Waals surface area contributed by atoms with E-state index in [1.165, 1.54) is 31.4 Å². The molecular weight excluding hydrogens is 521 g/mol. The van der Waals surface area contributed by atoms with E-state index in [1.807, 2.05) is 16.7 Å². The van der Waals surface area contributed by atoms with Gasteiger partial charge >= 0.3 is 12.1 Å².